The number of hydrogen-bond acceptors (Lipinski definition) is 6. The molecule has 0 aliphatic rings. The predicted octanol–water partition coefficient (Wildman–Crippen LogP) is 5.72. The first kappa shape index (κ1) is 30.3. The van der Waals surface area contributed by atoms with Gasteiger partial charge in [-0.1, -0.05) is 62.4 Å². The molecule has 208 valence electrons. The number of Topliss-reactive ketones (excluding diaryl/α,β-unsaturated/α-hetero) is 1. The maximum absolute atomic E-state index is 13.9. The number of ketones is 1. The average molecular weight is 570 g/mol. The average Bonchev–Trinajstić information content (AvgIpc) is 3.33. The molecule has 4 aromatic rings. The lowest BCUT2D eigenvalue weighted by molar-refractivity contribution is 0.0685. The molecule has 0 saturated carbocycles. The van der Waals surface area contributed by atoms with Gasteiger partial charge in [0.25, 0.3) is 11.5 Å². The van der Waals surface area contributed by atoms with Crippen LogP contribution >= 0.6 is 23.7 Å². The highest BCUT2D eigenvalue weighted by Crippen LogP contribution is 2.40. The van der Waals surface area contributed by atoms with Gasteiger partial charge in [0.2, 0.25) is 0 Å². The summed E-state index contributed by atoms with van der Waals surface area (Å²) in [5.74, 6) is -0.0363. The number of ether oxygens (including phenoxy) is 1. The number of halogens is 1. The van der Waals surface area contributed by atoms with Crippen LogP contribution in [-0.2, 0) is 6.54 Å². The van der Waals surface area contributed by atoms with Crippen LogP contribution in [0.15, 0.2) is 59.4 Å². The summed E-state index contributed by atoms with van der Waals surface area (Å²) in [6, 6.07) is 16.4. The molecule has 0 N–H and O–H groups in total. The molecule has 9 heteroatoms. The monoisotopic (exact) mass is 569 g/mol. The van der Waals surface area contributed by atoms with Gasteiger partial charge in [-0.25, -0.2) is 0 Å². The first-order valence-corrected chi connectivity index (χ1v) is 13.9. The third kappa shape index (κ3) is 6.03. The molecule has 0 aliphatic carbocycles. The van der Waals surface area contributed by atoms with Crippen LogP contribution in [-0.4, -0.2) is 65.4 Å². The molecular weight excluding hydrogens is 534 g/mol. The molecule has 0 spiro atoms. The van der Waals surface area contributed by atoms with E-state index in [1.807, 2.05) is 49.1 Å². The molecule has 39 heavy (non-hydrogen) atoms. The second-order valence-corrected chi connectivity index (χ2v) is 10.5. The van der Waals surface area contributed by atoms with Gasteiger partial charge in [-0.2, -0.15) is 0 Å². The molecule has 2 aromatic carbocycles. The summed E-state index contributed by atoms with van der Waals surface area (Å²) in [4.78, 5) is 45.4. The number of carbonyl (C=O) groups excluding carboxylic acids is 2. The lowest BCUT2D eigenvalue weighted by atomic mass is 10.1. The number of methoxy groups -OCH3 is 1. The summed E-state index contributed by atoms with van der Waals surface area (Å²) in [6.07, 6.45) is 0. The highest BCUT2D eigenvalue weighted by atomic mass is 35.5. The summed E-state index contributed by atoms with van der Waals surface area (Å²) in [5.41, 5.74) is 0.853. The van der Waals surface area contributed by atoms with Gasteiger partial charge in [0.15, 0.2) is 11.5 Å². The number of fused-ring (bicyclic) bond motifs is 3. The van der Waals surface area contributed by atoms with E-state index in [0.717, 1.165) is 25.0 Å². The minimum absolute atomic E-state index is 0. The Morgan fingerprint density at radius 1 is 0.974 bits per heavy atom. The summed E-state index contributed by atoms with van der Waals surface area (Å²) in [7, 11) is 1.49. The minimum atomic E-state index is -0.339. The lowest BCUT2D eigenvalue weighted by Crippen LogP contribution is -2.42. The number of nitrogens with zero attached hydrogens (tertiary/aromatic N) is 3. The third-order valence-corrected chi connectivity index (χ3v) is 8.19. The van der Waals surface area contributed by atoms with Gasteiger partial charge in [-0.15, -0.1) is 23.7 Å². The molecule has 0 fully saturated rings. The molecule has 2 aromatic heterocycles. The molecule has 0 unspecified atom stereocenters. The fourth-order valence-electron chi connectivity index (χ4n) is 4.81. The Labute approximate surface area is 239 Å². The molecule has 0 saturated heterocycles. The van der Waals surface area contributed by atoms with E-state index in [4.69, 9.17) is 4.74 Å². The molecule has 0 atom stereocenters. The summed E-state index contributed by atoms with van der Waals surface area (Å²) >= 11 is 1.29. The molecular formula is C30H36ClN3O4S. The standard InChI is InChI=1S/C30H35N3O4S.ClH/c1-6-31(7-2)17-18-32(20(3)4)30(36)28-26(37-5)25-27(38-28)22-15-11-12-16-23(22)33(29(25)35)19-24(34)21-13-9-8-10-14-21;/h8-16,20H,6-7,17-19H2,1-5H3;1H. The zero-order valence-electron chi connectivity index (χ0n) is 23.1. The number of aromatic nitrogens is 1. The fraction of sp³-hybridized carbons (Fsp3) is 0.367. The van der Waals surface area contributed by atoms with Gasteiger partial charge in [0.1, 0.15) is 10.3 Å². The van der Waals surface area contributed by atoms with Crippen LogP contribution in [0.2, 0.25) is 0 Å². The first-order chi connectivity index (χ1) is 18.3. The van der Waals surface area contributed by atoms with E-state index in [-0.39, 0.29) is 48.0 Å². The number of carbonyl (C=O) groups is 2. The highest BCUT2D eigenvalue weighted by Gasteiger charge is 2.29. The molecule has 2 heterocycles. The maximum atomic E-state index is 13.9. The van der Waals surface area contributed by atoms with Crippen LogP contribution in [0.3, 0.4) is 0 Å². The fourth-order valence-corrected chi connectivity index (χ4v) is 6.06. The number of hydrogen-bond donors (Lipinski definition) is 0. The van der Waals surface area contributed by atoms with Crippen molar-refractivity contribution in [2.45, 2.75) is 40.3 Å². The van der Waals surface area contributed by atoms with Gasteiger partial charge >= 0.3 is 0 Å². The summed E-state index contributed by atoms with van der Waals surface area (Å²) in [6.45, 7) is 11.3. The second-order valence-electron chi connectivity index (χ2n) is 9.49. The lowest BCUT2D eigenvalue weighted by Gasteiger charge is -2.29. The molecule has 0 aliphatic heterocycles. The number of benzene rings is 2. The van der Waals surface area contributed by atoms with Crippen LogP contribution in [0.1, 0.15) is 47.7 Å². The summed E-state index contributed by atoms with van der Waals surface area (Å²) < 4.78 is 7.94. The van der Waals surface area contributed by atoms with Crippen molar-refractivity contribution in [1.29, 1.82) is 0 Å². The van der Waals surface area contributed by atoms with Crippen molar-refractivity contribution >= 4 is 56.4 Å². The van der Waals surface area contributed by atoms with E-state index < -0.39 is 0 Å². The van der Waals surface area contributed by atoms with Crippen LogP contribution in [0.5, 0.6) is 5.75 Å². The molecule has 7 nitrogen and oxygen atoms in total. The number of thiophene rings is 1. The SMILES string of the molecule is CCN(CC)CCN(C(=O)c1sc2c(c1OC)c(=O)n(CC(=O)c1ccccc1)c1ccccc21)C(C)C.Cl. The van der Waals surface area contributed by atoms with E-state index in [1.165, 1.54) is 23.0 Å². The van der Waals surface area contributed by atoms with Crippen molar-refractivity contribution in [3.8, 4) is 5.75 Å². The van der Waals surface area contributed by atoms with Gasteiger partial charge in [0, 0.05) is 30.1 Å². The number of para-hydroxylation sites is 1. The largest absolute Gasteiger partial charge is 0.494 e. The number of rotatable bonds is 11. The third-order valence-electron chi connectivity index (χ3n) is 6.99. The van der Waals surface area contributed by atoms with Gasteiger partial charge in [-0.3, -0.25) is 19.0 Å². The Kier molecular flexibility index (Phi) is 10.3. The van der Waals surface area contributed by atoms with Crippen molar-refractivity contribution in [3.63, 3.8) is 0 Å². The van der Waals surface area contributed by atoms with Crippen molar-refractivity contribution in [1.82, 2.24) is 14.4 Å². The summed E-state index contributed by atoms with van der Waals surface area (Å²) in [5, 5.41) is 1.15. The molecule has 1 amide bonds. The maximum Gasteiger partial charge on any atom is 0.268 e. The van der Waals surface area contributed by atoms with Crippen LogP contribution in [0, 0.1) is 0 Å². The normalized spacial score (nSPS) is 11.3. The van der Waals surface area contributed by atoms with E-state index in [9.17, 15) is 14.4 Å². The quantitative estimate of drug-likeness (QED) is 0.216. The number of amides is 1. The predicted molar refractivity (Wildman–Crippen MR) is 162 cm³/mol. The van der Waals surface area contributed by atoms with Crippen molar-refractivity contribution in [2.75, 3.05) is 33.3 Å². The molecule has 4 rings (SSSR count). The van der Waals surface area contributed by atoms with Gasteiger partial charge in [-0.05, 0) is 33.0 Å². The smallest absolute Gasteiger partial charge is 0.268 e. The Bertz CT molecular complexity index is 1510. The Morgan fingerprint density at radius 3 is 2.23 bits per heavy atom. The Balaban J connectivity index is 0.00000420. The van der Waals surface area contributed by atoms with Crippen LogP contribution in [0.4, 0.5) is 0 Å². The zero-order chi connectivity index (χ0) is 27.4. The first-order valence-electron chi connectivity index (χ1n) is 13.1. The highest BCUT2D eigenvalue weighted by molar-refractivity contribution is 7.22. The zero-order valence-corrected chi connectivity index (χ0v) is 24.7. The molecule has 0 bridgehead atoms. The van der Waals surface area contributed by atoms with Gasteiger partial charge in [0.05, 0.1) is 23.9 Å². The van der Waals surface area contributed by atoms with E-state index in [1.54, 1.807) is 24.3 Å². The van der Waals surface area contributed by atoms with Crippen molar-refractivity contribution < 1.29 is 14.3 Å². The Morgan fingerprint density at radius 2 is 1.62 bits per heavy atom. The second kappa shape index (κ2) is 13.2. The van der Waals surface area contributed by atoms with Crippen molar-refractivity contribution in [2.24, 2.45) is 0 Å². The van der Waals surface area contributed by atoms with E-state index in [2.05, 4.69) is 18.7 Å². The van der Waals surface area contributed by atoms with E-state index >= 15 is 0 Å². The Hall–Kier alpha value is -3.20. The van der Waals surface area contributed by atoms with Crippen LogP contribution < -0.4 is 10.3 Å². The number of likely N-dealkylation sites (N-methyl/N-ethyl adjacent to an activating group) is 1. The minimum Gasteiger partial charge on any atom is -0.494 e. The van der Waals surface area contributed by atoms with E-state index in [0.29, 0.717) is 32.6 Å². The van der Waals surface area contributed by atoms with Crippen LogP contribution in [0.25, 0.3) is 21.0 Å². The van der Waals surface area contributed by atoms with Crippen molar-refractivity contribution in [3.05, 3.63) is 75.4 Å². The van der Waals surface area contributed by atoms with Gasteiger partial charge < -0.3 is 14.5 Å². The molecule has 0 radical (unpaired) electrons. The number of pyridine rings is 1. The topological polar surface area (TPSA) is 71.8 Å².